The number of amides is 1. The van der Waals surface area contributed by atoms with E-state index in [4.69, 9.17) is 0 Å². The monoisotopic (exact) mass is 330 g/mol. The molecule has 0 aliphatic carbocycles. The zero-order valence-corrected chi connectivity index (χ0v) is 13.9. The van der Waals surface area contributed by atoms with E-state index in [0.29, 0.717) is 18.5 Å². The Morgan fingerprint density at radius 3 is 2.46 bits per heavy atom. The molecule has 0 radical (unpaired) electrons. The SMILES string of the molecule is CCC(CC)(CNC(=O)Cn1cc(-c2ccccc2)nn1)C(=O)O. The Balaban J connectivity index is 1.96. The maximum absolute atomic E-state index is 12.1. The quantitative estimate of drug-likeness (QED) is 0.771. The van der Waals surface area contributed by atoms with E-state index in [-0.39, 0.29) is 19.0 Å². The van der Waals surface area contributed by atoms with Crippen LogP contribution >= 0.6 is 0 Å². The Morgan fingerprint density at radius 2 is 1.88 bits per heavy atom. The van der Waals surface area contributed by atoms with Crippen molar-refractivity contribution in [1.29, 1.82) is 0 Å². The summed E-state index contributed by atoms with van der Waals surface area (Å²) in [5, 5.41) is 20.1. The number of hydrogen-bond acceptors (Lipinski definition) is 4. The molecule has 0 saturated carbocycles. The van der Waals surface area contributed by atoms with E-state index < -0.39 is 11.4 Å². The molecule has 0 aliphatic rings. The number of nitrogens with zero attached hydrogens (tertiary/aromatic N) is 3. The molecule has 7 nitrogen and oxygen atoms in total. The molecule has 2 rings (SSSR count). The third-order valence-corrected chi connectivity index (χ3v) is 4.34. The van der Waals surface area contributed by atoms with Crippen LogP contribution < -0.4 is 5.32 Å². The van der Waals surface area contributed by atoms with Crippen LogP contribution in [0.5, 0.6) is 0 Å². The maximum Gasteiger partial charge on any atom is 0.311 e. The zero-order chi connectivity index (χ0) is 17.6. The lowest BCUT2D eigenvalue weighted by atomic mass is 9.82. The fourth-order valence-corrected chi connectivity index (χ4v) is 2.47. The number of carbonyl (C=O) groups is 2. The summed E-state index contributed by atoms with van der Waals surface area (Å²) >= 11 is 0. The highest BCUT2D eigenvalue weighted by molar-refractivity contribution is 5.79. The molecule has 1 heterocycles. The molecule has 128 valence electrons. The van der Waals surface area contributed by atoms with Crippen molar-refractivity contribution in [2.24, 2.45) is 5.41 Å². The molecule has 1 aromatic heterocycles. The van der Waals surface area contributed by atoms with Crippen LogP contribution in [0.15, 0.2) is 36.5 Å². The van der Waals surface area contributed by atoms with E-state index in [1.807, 2.05) is 44.2 Å². The minimum atomic E-state index is -0.923. The Labute approximate surface area is 140 Å². The second kappa shape index (κ2) is 7.72. The second-order valence-electron chi connectivity index (χ2n) is 5.74. The predicted octanol–water partition coefficient (Wildman–Crippen LogP) is 1.95. The van der Waals surface area contributed by atoms with Gasteiger partial charge in [0, 0.05) is 12.1 Å². The predicted molar refractivity (Wildman–Crippen MR) is 89.1 cm³/mol. The maximum atomic E-state index is 12.1. The number of nitrogens with one attached hydrogen (secondary N) is 1. The number of carboxylic acids is 1. The van der Waals surface area contributed by atoms with Gasteiger partial charge in [0.25, 0.3) is 0 Å². The van der Waals surface area contributed by atoms with Gasteiger partial charge in [-0.1, -0.05) is 49.4 Å². The Hall–Kier alpha value is -2.70. The molecule has 0 fully saturated rings. The highest BCUT2D eigenvalue weighted by atomic mass is 16.4. The van der Waals surface area contributed by atoms with Gasteiger partial charge in [0.2, 0.25) is 5.91 Å². The lowest BCUT2D eigenvalue weighted by molar-refractivity contribution is -0.149. The molecule has 0 spiro atoms. The van der Waals surface area contributed by atoms with Gasteiger partial charge in [0.15, 0.2) is 0 Å². The average Bonchev–Trinajstić information content (AvgIpc) is 3.05. The molecule has 1 amide bonds. The van der Waals surface area contributed by atoms with Crippen molar-refractivity contribution >= 4 is 11.9 Å². The number of aliphatic carboxylic acids is 1. The van der Waals surface area contributed by atoms with E-state index in [9.17, 15) is 14.7 Å². The van der Waals surface area contributed by atoms with Crippen molar-refractivity contribution in [3.63, 3.8) is 0 Å². The molecule has 0 bridgehead atoms. The van der Waals surface area contributed by atoms with Crippen molar-refractivity contribution in [3.8, 4) is 11.3 Å². The summed E-state index contributed by atoms with van der Waals surface area (Å²) in [7, 11) is 0. The zero-order valence-electron chi connectivity index (χ0n) is 13.9. The topological polar surface area (TPSA) is 97.1 Å². The van der Waals surface area contributed by atoms with E-state index in [1.165, 1.54) is 4.68 Å². The summed E-state index contributed by atoms with van der Waals surface area (Å²) in [5.74, 6) is -1.17. The number of hydrogen-bond donors (Lipinski definition) is 2. The number of benzene rings is 1. The van der Waals surface area contributed by atoms with Gasteiger partial charge in [0.05, 0.1) is 11.6 Å². The third-order valence-electron chi connectivity index (χ3n) is 4.34. The summed E-state index contributed by atoms with van der Waals surface area (Å²) in [6.45, 7) is 3.73. The minimum absolute atomic E-state index is 0.00294. The summed E-state index contributed by atoms with van der Waals surface area (Å²) in [6, 6.07) is 9.55. The van der Waals surface area contributed by atoms with E-state index >= 15 is 0 Å². The van der Waals surface area contributed by atoms with Crippen molar-refractivity contribution < 1.29 is 14.7 Å². The number of rotatable bonds is 8. The largest absolute Gasteiger partial charge is 0.481 e. The molecule has 0 atom stereocenters. The lowest BCUT2D eigenvalue weighted by Crippen LogP contribution is -2.43. The van der Waals surface area contributed by atoms with E-state index in [2.05, 4.69) is 15.6 Å². The van der Waals surface area contributed by atoms with Gasteiger partial charge in [-0.2, -0.15) is 0 Å². The molecule has 2 N–H and O–H groups in total. The first-order valence-corrected chi connectivity index (χ1v) is 7.96. The standard InChI is InChI=1S/C17H22N4O3/c1-3-17(4-2,16(23)24)12-18-15(22)11-21-10-14(19-20-21)13-8-6-5-7-9-13/h5-10H,3-4,11-12H2,1-2H3,(H,18,22)(H,23,24). The Bertz CT molecular complexity index is 693. The van der Waals surface area contributed by atoms with Gasteiger partial charge in [-0.15, -0.1) is 5.10 Å². The van der Waals surface area contributed by atoms with Crippen LogP contribution in [0.25, 0.3) is 11.3 Å². The van der Waals surface area contributed by atoms with Crippen LogP contribution in [0.3, 0.4) is 0 Å². The Kier molecular flexibility index (Phi) is 5.68. The van der Waals surface area contributed by atoms with Crippen LogP contribution in [0.2, 0.25) is 0 Å². The molecule has 1 aromatic carbocycles. The van der Waals surface area contributed by atoms with Gasteiger partial charge in [0.1, 0.15) is 12.2 Å². The average molecular weight is 330 g/mol. The van der Waals surface area contributed by atoms with Gasteiger partial charge >= 0.3 is 5.97 Å². The lowest BCUT2D eigenvalue weighted by Gasteiger charge is -2.26. The van der Waals surface area contributed by atoms with E-state index in [0.717, 1.165) is 5.56 Å². The first-order chi connectivity index (χ1) is 11.5. The van der Waals surface area contributed by atoms with Gasteiger partial charge < -0.3 is 10.4 Å². The number of carbonyl (C=O) groups excluding carboxylic acids is 1. The highest BCUT2D eigenvalue weighted by Crippen LogP contribution is 2.25. The molecule has 7 heteroatoms. The van der Waals surface area contributed by atoms with Crippen LogP contribution in [0.1, 0.15) is 26.7 Å². The fourth-order valence-electron chi connectivity index (χ4n) is 2.47. The van der Waals surface area contributed by atoms with Gasteiger partial charge in [-0.25, -0.2) is 4.68 Å². The molecule has 0 aliphatic heterocycles. The summed E-state index contributed by atoms with van der Waals surface area (Å²) in [5.41, 5.74) is 0.684. The molecular weight excluding hydrogens is 308 g/mol. The third kappa shape index (κ3) is 3.98. The van der Waals surface area contributed by atoms with Crippen LogP contribution in [0, 0.1) is 5.41 Å². The summed E-state index contributed by atoms with van der Waals surface area (Å²) in [6.07, 6.45) is 2.61. The van der Waals surface area contributed by atoms with Crippen LogP contribution in [-0.4, -0.2) is 38.5 Å². The molecule has 0 unspecified atom stereocenters. The van der Waals surface area contributed by atoms with Crippen LogP contribution in [0.4, 0.5) is 0 Å². The molecular formula is C17H22N4O3. The van der Waals surface area contributed by atoms with Crippen molar-refractivity contribution in [2.45, 2.75) is 33.2 Å². The fraction of sp³-hybridized carbons (Fsp3) is 0.412. The molecule has 24 heavy (non-hydrogen) atoms. The normalized spacial score (nSPS) is 11.2. The summed E-state index contributed by atoms with van der Waals surface area (Å²) in [4.78, 5) is 23.5. The number of aromatic nitrogens is 3. The van der Waals surface area contributed by atoms with Gasteiger partial charge in [-0.3, -0.25) is 9.59 Å². The van der Waals surface area contributed by atoms with Crippen molar-refractivity contribution in [1.82, 2.24) is 20.3 Å². The first kappa shape index (κ1) is 17.7. The number of carboxylic acid groups (broad SMARTS) is 1. The molecule has 2 aromatic rings. The first-order valence-electron chi connectivity index (χ1n) is 7.96. The highest BCUT2D eigenvalue weighted by Gasteiger charge is 2.35. The minimum Gasteiger partial charge on any atom is -0.481 e. The van der Waals surface area contributed by atoms with E-state index in [1.54, 1.807) is 6.20 Å². The van der Waals surface area contributed by atoms with Gasteiger partial charge in [-0.05, 0) is 12.8 Å². The Morgan fingerprint density at radius 1 is 1.21 bits per heavy atom. The van der Waals surface area contributed by atoms with Crippen LogP contribution in [-0.2, 0) is 16.1 Å². The smallest absolute Gasteiger partial charge is 0.311 e. The summed E-state index contributed by atoms with van der Waals surface area (Å²) < 4.78 is 1.44. The second-order valence-corrected chi connectivity index (χ2v) is 5.74. The molecule has 0 saturated heterocycles. The van der Waals surface area contributed by atoms with Crippen molar-refractivity contribution in [3.05, 3.63) is 36.5 Å². The van der Waals surface area contributed by atoms with Crippen molar-refractivity contribution in [2.75, 3.05) is 6.54 Å².